The maximum absolute atomic E-state index is 5.60. The molecule has 0 spiro atoms. The zero-order valence-corrected chi connectivity index (χ0v) is 12.0. The van der Waals surface area contributed by atoms with E-state index in [0.717, 1.165) is 25.5 Å². The van der Waals surface area contributed by atoms with Gasteiger partial charge in [0.25, 0.3) is 0 Å². The monoisotopic (exact) mass is 265 g/mol. The van der Waals surface area contributed by atoms with Crippen LogP contribution < -0.4 is 9.64 Å². The molecule has 1 fully saturated rings. The fourth-order valence-electron chi connectivity index (χ4n) is 2.43. The molecule has 0 aromatic carbocycles. The third kappa shape index (κ3) is 4.06. The van der Waals surface area contributed by atoms with E-state index in [1.165, 1.54) is 12.8 Å². The average Bonchev–Trinajstić information content (AvgIpc) is 2.39. The number of ether oxygens (including phenoxy) is 2. The van der Waals surface area contributed by atoms with Crippen molar-refractivity contribution in [1.29, 1.82) is 0 Å². The van der Waals surface area contributed by atoms with Crippen LogP contribution >= 0.6 is 0 Å². The molecule has 1 aromatic rings. The maximum Gasteiger partial charge on any atom is 0.234 e. The van der Waals surface area contributed by atoms with Crippen molar-refractivity contribution in [1.82, 2.24) is 9.97 Å². The number of hydrogen-bond donors (Lipinski definition) is 0. The molecule has 2 heterocycles. The number of aromatic nitrogens is 2. The summed E-state index contributed by atoms with van der Waals surface area (Å²) in [4.78, 5) is 11.0. The zero-order chi connectivity index (χ0) is 13.7. The van der Waals surface area contributed by atoms with Crippen LogP contribution in [0.1, 0.15) is 26.7 Å². The van der Waals surface area contributed by atoms with E-state index in [4.69, 9.17) is 9.47 Å². The SMILES string of the molecule is COC[C@@H]1CCCN(c2cncc(OC(C)C)n2)C1. The Bertz CT molecular complexity index is 396. The van der Waals surface area contributed by atoms with E-state index in [-0.39, 0.29) is 6.10 Å². The van der Waals surface area contributed by atoms with Crippen LogP contribution in [-0.2, 0) is 4.74 Å². The van der Waals surface area contributed by atoms with Crippen molar-refractivity contribution < 1.29 is 9.47 Å². The highest BCUT2D eigenvalue weighted by molar-refractivity contribution is 5.38. The van der Waals surface area contributed by atoms with Gasteiger partial charge in [-0.05, 0) is 32.6 Å². The summed E-state index contributed by atoms with van der Waals surface area (Å²) in [6, 6.07) is 0. The van der Waals surface area contributed by atoms with E-state index in [9.17, 15) is 0 Å². The van der Waals surface area contributed by atoms with Crippen LogP contribution in [0.4, 0.5) is 5.82 Å². The summed E-state index contributed by atoms with van der Waals surface area (Å²) in [7, 11) is 1.76. The Morgan fingerprint density at radius 3 is 3.00 bits per heavy atom. The van der Waals surface area contributed by atoms with Crippen molar-refractivity contribution in [3.8, 4) is 5.88 Å². The summed E-state index contributed by atoms with van der Waals surface area (Å²) in [5, 5.41) is 0. The Kier molecular flexibility index (Phi) is 4.96. The molecule has 0 bridgehead atoms. The van der Waals surface area contributed by atoms with E-state index in [1.807, 2.05) is 20.0 Å². The molecular weight excluding hydrogens is 242 g/mol. The number of rotatable bonds is 5. The van der Waals surface area contributed by atoms with Crippen LogP contribution in [0, 0.1) is 5.92 Å². The lowest BCUT2D eigenvalue weighted by molar-refractivity contribution is 0.143. The molecule has 1 atom stereocenters. The van der Waals surface area contributed by atoms with E-state index >= 15 is 0 Å². The van der Waals surface area contributed by atoms with Crippen molar-refractivity contribution in [2.24, 2.45) is 5.92 Å². The second kappa shape index (κ2) is 6.70. The molecule has 2 rings (SSSR count). The van der Waals surface area contributed by atoms with Crippen molar-refractivity contribution in [2.75, 3.05) is 31.7 Å². The highest BCUT2D eigenvalue weighted by Gasteiger charge is 2.21. The maximum atomic E-state index is 5.60. The highest BCUT2D eigenvalue weighted by Crippen LogP contribution is 2.22. The van der Waals surface area contributed by atoms with Crippen LogP contribution in [0.5, 0.6) is 5.88 Å². The van der Waals surface area contributed by atoms with Gasteiger partial charge >= 0.3 is 0 Å². The Balaban J connectivity index is 2.04. The fraction of sp³-hybridized carbons (Fsp3) is 0.714. The van der Waals surface area contributed by atoms with Gasteiger partial charge in [-0.1, -0.05) is 0 Å². The van der Waals surface area contributed by atoms with Crippen molar-refractivity contribution in [3.05, 3.63) is 12.4 Å². The van der Waals surface area contributed by atoms with Gasteiger partial charge in [0.1, 0.15) is 0 Å². The van der Waals surface area contributed by atoms with Gasteiger partial charge in [-0.2, -0.15) is 4.98 Å². The van der Waals surface area contributed by atoms with E-state index in [1.54, 1.807) is 13.3 Å². The van der Waals surface area contributed by atoms with Crippen LogP contribution in [0.3, 0.4) is 0 Å². The van der Waals surface area contributed by atoms with E-state index in [0.29, 0.717) is 11.8 Å². The van der Waals surface area contributed by atoms with Crippen LogP contribution in [0.15, 0.2) is 12.4 Å². The number of anilines is 1. The first-order chi connectivity index (χ1) is 9.19. The van der Waals surface area contributed by atoms with Gasteiger partial charge in [-0.25, -0.2) is 0 Å². The summed E-state index contributed by atoms with van der Waals surface area (Å²) < 4.78 is 10.8. The number of hydrogen-bond acceptors (Lipinski definition) is 5. The molecule has 0 N–H and O–H groups in total. The molecule has 5 nitrogen and oxygen atoms in total. The molecule has 106 valence electrons. The molecule has 0 unspecified atom stereocenters. The number of methoxy groups -OCH3 is 1. The van der Waals surface area contributed by atoms with Gasteiger partial charge in [-0.15, -0.1) is 0 Å². The van der Waals surface area contributed by atoms with E-state index in [2.05, 4.69) is 14.9 Å². The molecule has 0 amide bonds. The summed E-state index contributed by atoms with van der Waals surface area (Å²) in [6.07, 6.45) is 5.99. The fourth-order valence-corrected chi connectivity index (χ4v) is 2.43. The first-order valence-corrected chi connectivity index (χ1v) is 6.91. The summed E-state index contributed by atoms with van der Waals surface area (Å²) in [6.45, 7) is 6.80. The summed E-state index contributed by atoms with van der Waals surface area (Å²) in [5.74, 6) is 2.08. The number of nitrogens with zero attached hydrogens (tertiary/aromatic N) is 3. The Morgan fingerprint density at radius 2 is 2.26 bits per heavy atom. The molecule has 0 radical (unpaired) electrons. The zero-order valence-electron chi connectivity index (χ0n) is 12.0. The molecular formula is C14H23N3O2. The van der Waals surface area contributed by atoms with Crippen molar-refractivity contribution >= 4 is 5.82 Å². The predicted octanol–water partition coefficient (Wildman–Crippen LogP) is 2.13. The van der Waals surface area contributed by atoms with Gasteiger partial charge in [-0.3, -0.25) is 4.98 Å². The van der Waals surface area contributed by atoms with E-state index < -0.39 is 0 Å². The Morgan fingerprint density at radius 1 is 1.42 bits per heavy atom. The standard InChI is InChI=1S/C14H23N3O2/c1-11(2)19-14-8-15-7-13(16-14)17-6-4-5-12(9-17)10-18-3/h7-8,11-12H,4-6,9-10H2,1-3H3/t12-/m1/s1. The molecule has 1 saturated heterocycles. The van der Waals surface area contributed by atoms with Crippen LogP contribution in [-0.4, -0.2) is 42.9 Å². The largest absolute Gasteiger partial charge is 0.474 e. The quantitative estimate of drug-likeness (QED) is 0.816. The van der Waals surface area contributed by atoms with Gasteiger partial charge in [0.15, 0.2) is 5.82 Å². The third-order valence-corrected chi connectivity index (χ3v) is 3.20. The second-order valence-corrected chi connectivity index (χ2v) is 5.29. The lowest BCUT2D eigenvalue weighted by atomic mass is 9.99. The summed E-state index contributed by atoms with van der Waals surface area (Å²) in [5.41, 5.74) is 0. The third-order valence-electron chi connectivity index (χ3n) is 3.20. The molecule has 19 heavy (non-hydrogen) atoms. The molecule has 0 aliphatic carbocycles. The molecule has 1 aliphatic heterocycles. The average molecular weight is 265 g/mol. The molecule has 5 heteroatoms. The molecule has 1 aromatic heterocycles. The lowest BCUT2D eigenvalue weighted by Crippen LogP contribution is -2.37. The summed E-state index contributed by atoms with van der Waals surface area (Å²) >= 11 is 0. The van der Waals surface area contributed by atoms with Crippen molar-refractivity contribution in [3.63, 3.8) is 0 Å². The Labute approximate surface area is 115 Å². The topological polar surface area (TPSA) is 47.5 Å². The minimum Gasteiger partial charge on any atom is -0.474 e. The molecule has 0 saturated carbocycles. The van der Waals surface area contributed by atoms with Gasteiger partial charge in [0.2, 0.25) is 5.88 Å². The minimum absolute atomic E-state index is 0.118. The normalized spacial score (nSPS) is 19.8. The second-order valence-electron chi connectivity index (χ2n) is 5.29. The minimum atomic E-state index is 0.118. The number of piperidine rings is 1. The van der Waals surface area contributed by atoms with Gasteiger partial charge < -0.3 is 14.4 Å². The highest BCUT2D eigenvalue weighted by atomic mass is 16.5. The smallest absolute Gasteiger partial charge is 0.234 e. The lowest BCUT2D eigenvalue weighted by Gasteiger charge is -2.33. The first-order valence-electron chi connectivity index (χ1n) is 6.91. The van der Waals surface area contributed by atoms with Gasteiger partial charge in [0, 0.05) is 20.2 Å². The van der Waals surface area contributed by atoms with Gasteiger partial charge in [0.05, 0.1) is 25.1 Å². The van der Waals surface area contributed by atoms with Crippen LogP contribution in [0.2, 0.25) is 0 Å². The molecule has 1 aliphatic rings. The van der Waals surface area contributed by atoms with Crippen LogP contribution in [0.25, 0.3) is 0 Å². The first kappa shape index (κ1) is 14.1. The predicted molar refractivity (Wildman–Crippen MR) is 74.6 cm³/mol. The Hall–Kier alpha value is -1.36. The van der Waals surface area contributed by atoms with Crippen molar-refractivity contribution in [2.45, 2.75) is 32.8 Å².